The molecular formula is C26H31N3O2. The lowest BCUT2D eigenvalue weighted by Gasteiger charge is -2.25. The van der Waals surface area contributed by atoms with Gasteiger partial charge in [0.15, 0.2) is 0 Å². The third kappa shape index (κ3) is 5.82. The van der Waals surface area contributed by atoms with Crippen molar-refractivity contribution in [2.24, 2.45) is 5.92 Å². The molecule has 2 aromatic heterocycles. The van der Waals surface area contributed by atoms with E-state index in [9.17, 15) is 4.79 Å². The van der Waals surface area contributed by atoms with Gasteiger partial charge in [-0.3, -0.25) is 9.78 Å². The van der Waals surface area contributed by atoms with Crippen molar-refractivity contribution in [1.29, 1.82) is 0 Å². The topological polar surface area (TPSA) is 67.2 Å². The van der Waals surface area contributed by atoms with Gasteiger partial charge in [-0.25, -0.2) is 0 Å². The highest BCUT2D eigenvalue weighted by Gasteiger charge is 2.17. The van der Waals surface area contributed by atoms with Gasteiger partial charge in [0.25, 0.3) is 5.91 Å². The number of carbonyl (C=O) groups excluding carboxylic acids is 1. The fourth-order valence-corrected chi connectivity index (χ4v) is 4.43. The van der Waals surface area contributed by atoms with Gasteiger partial charge >= 0.3 is 0 Å². The Bertz CT molecular complexity index is 978. The molecule has 1 amide bonds. The van der Waals surface area contributed by atoms with E-state index in [-0.39, 0.29) is 5.91 Å². The summed E-state index contributed by atoms with van der Waals surface area (Å²) in [6.07, 6.45) is 14.7. The molecule has 5 nitrogen and oxygen atoms in total. The van der Waals surface area contributed by atoms with E-state index in [2.05, 4.69) is 28.6 Å². The maximum Gasteiger partial charge on any atom is 0.257 e. The minimum Gasteiger partial charge on any atom is -0.472 e. The third-order valence-corrected chi connectivity index (χ3v) is 6.17. The molecule has 1 aliphatic rings. The van der Waals surface area contributed by atoms with Crippen molar-refractivity contribution in [2.45, 2.75) is 58.0 Å². The number of hydrogen-bond donors (Lipinski definition) is 2. The van der Waals surface area contributed by atoms with Crippen molar-refractivity contribution < 1.29 is 9.21 Å². The van der Waals surface area contributed by atoms with Crippen LogP contribution in [-0.4, -0.2) is 16.9 Å². The molecule has 4 rings (SSSR count). The van der Waals surface area contributed by atoms with Crippen LogP contribution >= 0.6 is 0 Å². The van der Waals surface area contributed by atoms with Crippen LogP contribution < -0.4 is 10.6 Å². The van der Waals surface area contributed by atoms with Gasteiger partial charge in [-0.1, -0.05) is 50.3 Å². The fraction of sp³-hybridized carbons (Fsp3) is 0.385. The molecule has 2 N–H and O–H groups in total. The molecule has 1 fully saturated rings. The second-order valence-corrected chi connectivity index (χ2v) is 8.61. The predicted octanol–water partition coefficient (Wildman–Crippen LogP) is 6.04. The molecule has 0 saturated heterocycles. The smallest absolute Gasteiger partial charge is 0.257 e. The summed E-state index contributed by atoms with van der Waals surface area (Å²) in [6.45, 7) is 3.00. The molecule has 2 heterocycles. The van der Waals surface area contributed by atoms with Gasteiger partial charge in [0, 0.05) is 41.8 Å². The largest absolute Gasteiger partial charge is 0.472 e. The van der Waals surface area contributed by atoms with E-state index in [0.29, 0.717) is 11.6 Å². The number of para-hydroxylation sites is 1. The van der Waals surface area contributed by atoms with Crippen LogP contribution in [0.4, 0.5) is 5.69 Å². The van der Waals surface area contributed by atoms with Crippen molar-refractivity contribution in [2.75, 3.05) is 5.32 Å². The number of aromatic nitrogens is 1. The Labute approximate surface area is 184 Å². The van der Waals surface area contributed by atoms with Crippen LogP contribution in [0, 0.1) is 5.92 Å². The summed E-state index contributed by atoms with van der Waals surface area (Å²) in [5, 5.41) is 6.72. The average molecular weight is 418 g/mol. The van der Waals surface area contributed by atoms with Gasteiger partial charge in [-0.05, 0) is 43.0 Å². The van der Waals surface area contributed by atoms with Crippen molar-refractivity contribution in [3.63, 3.8) is 0 Å². The summed E-state index contributed by atoms with van der Waals surface area (Å²) >= 11 is 0. The summed E-state index contributed by atoms with van der Waals surface area (Å²) in [5.41, 5.74) is 4.20. The maximum absolute atomic E-state index is 12.9. The Balaban J connectivity index is 1.38. The zero-order chi connectivity index (χ0) is 21.5. The summed E-state index contributed by atoms with van der Waals surface area (Å²) in [4.78, 5) is 17.1. The third-order valence-electron chi connectivity index (χ3n) is 6.17. The molecule has 31 heavy (non-hydrogen) atoms. The highest BCUT2D eigenvalue weighted by molar-refractivity contribution is 6.05. The van der Waals surface area contributed by atoms with Gasteiger partial charge in [0.2, 0.25) is 0 Å². The molecule has 1 saturated carbocycles. The Morgan fingerprint density at radius 2 is 1.97 bits per heavy atom. The van der Waals surface area contributed by atoms with Crippen molar-refractivity contribution in [3.8, 4) is 11.1 Å². The van der Waals surface area contributed by atoms with Crippen LogP contribution in [0.15, 0.2) is 65.7 Å². The molecule has 162 valence electrons. The molecule has 1 atom stereocenters. The number of pyridine rings is 1. The first-order valence-corrected chi connectivity index (χ1v) is 11.3. The van der Waals surface area contributed by atoms with Gasteiger partial charge in [-0.2, -0.15) is 0 Å². The van der Waals surface area contributed by atoms with E-state index < -0.39 is 0 Å². The molecule has 5 heteroatoms. The molecule has 3 aromatic rings. The Morgan fingerprint density at radius 1 is 1.13 bits per heavy atom. The number of carbonyl (C=O) groups is 1. The van der Waals surface area contributed by atoms with E-state index >= 15 is 0 Å². The van der Waals surface area contributed by atoms with Crippen LogP contribution in [0.2, 0.25) is 0 Å². The van der Waals surface area contributed by atoms with Crippen molar-refractivity contribution >= 4 is 11.6 Å². The van der Waals surface area contributed by atoms with E-state index in [1.165, 1.54) is 38.5 Å². The molecule has 1 aliphatic carbocycles. The Kier molecular flexibility index (Phi) is 7.15. The van der Waals surface area contributed by atoms with Crippen LogP contribution in [0.3, 0.4) is 0 Å². The lowest BCUT2D eigenvalue weighted by atomic mass is 9.85. The lowest BCUT2D eigenvalue weighted by Crippen LogP contribution is -2.29. The summed E-state index contributed by atoms with van der Waals surface area (Å²) in [6, 6.07) is 12.1. The number of hydrogen-bond acceptors (Lipinski definition) is 4. The molecule has 0 radical (unpaired) electrons. The number of rotatable bonds is 8. The zero-order valence-electron chi connectivity index (χ0n) is 18.1. The summed E-state index contributed by atoms with van der Waals surface area (Å²) in [5.74, 6) is 0.682. The molecule has 0 bridgehead atoms. The van der Waals surface area contributed by atoms with Crippen molar-refractivity contribution in [3.05, 3.63) is 72.4 Å². The van der Waals surface area contributed by atoms with Crippen molar-refractivity contribution in [1.82, 2.24) is 10.3 Å². The van der Waals surface area contributed by atoms with Gasteiger partial charge < -0.3 is 15.1 Å². The highest BCUT2D eigenvalue weighted by Crippen LogP contribution is 2.27. The number of benzene rings is 1. The molecular weight excluding hydrogens is 386 g/mol. The van der Waals surface area contributed by atoms with Crippen LogP contribution in [-0.2, 0) is 6.54 Å². The maximum atomic E-state index is 12.9. The first kappa shape index (κ1) is 21.3. The number of furan rings is 1. The number of amides is 1. The van der Waals surface area contributed by atoms with Crippen LogP contribution in [0.1, 0.15) is 61.4 Å². The van der Waals surface area contributed by atoms with Gasteiger partial charge in [0.1, 0.15) is 0 Å². The SMILES string of the molecule is CC(CC1CCCCC1)NCc1ccccc1NC(=O)c1cncc(-c2ccoc2)c1. The minimum atomic E-state index is -0.166. The lowest BCUT2D eigenvalue weighted by molar-refractivity contribution is 0.102. The fourth-order valence-electron chi connectivity index (χ4n) is 4.43. The van der Waals surface area contributed by atoms with Gasteiger partial charge in [0.05, 0.1) is 18.1 Å². The number of nitrogens with zero attached hydrogens (tertiary/aromatic N) is 1. The molecule has 0 aliphatic heterocycles. The molecule has 1 aromatic carbocycles. The summed E-state index contributed by atoms with van der Waals surface area (Å²) in [7, 11) is 0. The van der Waals surface area contributed by atoms with E-state index in [1.54, 1.807) is 24.9 Å². The quantitative estimate of drug-likeness (QED) is 0.469. The first-order chi connectivity index (χ1) is 15.2. The average Bonchev–Trinajstić information content (AvgIpc) is 3.34. The predicted molar refractivity (Wildman–Crippen MR) is 124 cm³/mol. The zero-order valence-corrected chi connectivity index (χ0v) is 18.1. The molecule has 1 unspecified atom stereocenters. The van der Waals surface area contributed by atoms with E-state index in [0.717, 1.165) is 34.8 Å². The molecule has 0 spiro atoms. The second-order valence-electron chi connectivity index (χ2n) is 8.61. The first-order valence-electron chi connectivity index (χ1n) is 11.3. The number of anilines is 1. The van der Waals surface area contributed by atoms with Crippen LogP contribution in [0.25, 0.3) is 11.1 Å². The van der Waals surface area contributed by atoms with Crippen LogP contribution in [0.5, 0.6) is 0 Å². The normalized spacial score (nSPS) is 15.5. The van der Waals surface area contributed by atoms with E-state index in [1.807, 2.05) is 30.3 Å². The Hall–Kier alpha value is -2.92. The second kappa shape index (κ2) is 10.4. The number of nitrogens with one attached hydrogen (secondary N) is 2. The monoisotopic (exact) mass is 417 g/mol. The van der Waals surface area contributed by atoms with E-state index in [4.69, 9.17) is 4.42 Å². The highest BCUT2D eigenvalue weighted by atomic mass is 16.3. The summed E-state index contributed by atoms with van der Waals surface area (Å²) < 4.78 is 5.14. The standard InChI is InChI=1S/C26H31N3O2/c1-19(13-20-7-3-2-4-8-20)28-17-21-9-5-6-10-25(21)29-26(30)24-14-23(15-27-16-24)22-11-12-31-18-22/h5-6,9-12,14-16,18-20,28H,2-4,7-8,13,17H2,1H3,(H,29,30). The van der Waals surface area contributed by atoms with Gasteiger partial charge in [-0.15, -0.1) is 0 Å². The minimum absolute atomic E-state index is 0.166. The Morgan fingerprint density at radius 3 is 2.77 bits per heavy atom.